The predicted molar refractivity (Wildman–Crippen MR) is 82.0 cm³/mol. The molecule has 1 nitrogen and oxygen atoms in total. The molecule has 0 amide bonds. The summed E-state index contributed by atoms with van der Waals surface area (Å²) >= 11 is 0. The van der Waals surface area contributed by atoms with Crippen LogP contribution in [0.4, 0.5) is 0 Å². The monoisotopic (exact) mass is 251 g/mol. The molecule has 98 valence electrons. The molecule has 2 aromatic rings. The maximum absolute atomic E-state index is 3.99. The molecule has 0 aromatic heterocycles. The smallest absolute Gasteiger partial charge is 0.0593 e. The second-order valence-corrected chi connectivity index (χ2v) is 5.05. The average molecular weight is 251 g/mol. The third-order valence-electron chi connectivity index (χ3n) is 3.60. The predicted octanol–water partition coefficient (Wildman–Crippen LogP) is 4.44. The van der Waals surface area contributed by atoms with Crippen LogP contribution in [-0.2, 0) is 5.54 Å². The van der Waals surface area contributed by atoms with Crippen LogP contribution < -0.4 is 5.32 Å². The lowest BCUT2D eigenvalue weighted by atomic mass is 9.90. The van der Waals surface area contributed by atoms with Gasteiger partial charge in [-0.05, 0) is 25.0 Å². The lowest BCUT2D eigenvalue weighted by Gasteiger charge is -2.32. The van der Waals surface area contributed by atoms with Gasteiger partial charge < -0.3 is 0 Å². The van der Waals surface area contributed by atoms with E-state index in [2.05, 4.69) is 74.3 Å². The van der Waals surface area contributed by atoms with E-state index < -0.39 is 0 Å². The van der Waals surface area contributed by atoms with Crippen molar-refractivity contribution in [1.29, 1.82) is 0 Å². The van der Waals surface area contributed by atoms with Crippen LogP contribution in [-0.4, -0.2) is 0 Å². The van der Waals surface area contributed by atoms with Gasteiger partial charge in [-0.1, -0.05) is 66.7 Å². The maximum Gasteiger partial charge on any atom is 0.0593 e. The Morgan fingerprint density at radius 1 is 1.00 bits per heavy atom. The van der Waals surface area contributed by atoms with Crippen LogP contribution in [0.15, 0.2) is 73.3 Å². The minimum absolute atomic E-state index is 0.226. The van der Waals surface area contributed by atoms with Gasteiger partial charge in [-0.25, -0.2) is 0 Å². The molecule has 2 atom stereocenters. The highest BCUT2D eigenvalue weighted by molar-refractivity contribution is 5.29. The minimum atomic E-state index is -0.226. The van der Waals surface area contributed by atoms with Crippen LogP contribution in [0.1, 0.15) is 31.0 Å². The first-order valence-electron chi connectivity index (χ1n) is 6.67. The van der Waals surface area contributed by atoms with Crippen LogP contribution in [0.3, 0.4) is 0 Å². The van der Waals surface area contributed by atoms with Crippen molar-refractivity contribution >= 4 is 0 Å². The Morgan fingerprint density at radius 2 is 1.53 bits per heavy atom. The molecule has 0 spiro atoms. The quantitative estimate of drug-likeness (QED) is 0.775. The van der Waals surface area contributed by atoms with Crippen molar-refractivity contribution in [3.8, 4) is 0 Å². The van der Waals surface area contributed by atoms with Crippen LogP contribution in [0.25, 0.3) is 0 Å². The second-order valence-electron chi connectivity index (χ2n) is 5.05. The van der Waals surface area contributed by atoms with Crippen molar-refractivity contribution in [2.24, 2.45) is 0 Å². The number of rotatable bonds is 5. The molecule has 0 heterocycles. The van der Waals surface area contributed by atoms with Crippen LogP contribution in [0.2, 0.25) is 0 Å². The lowest BCUT2D eigenvalue weighted by molar-refractivity contribution is 0.400. The zero-order valence-corrected chi connectivity index (χ0v) is 11.6. The lowest BCUT2D eigenvalue weighted by Crippen LogP contribution is -2.39. The molecule has 0 aliphatic heterocycles. The van der Waals surface area contributed by atoms with Gasteiger partial charge in [-0.2, -0.15) is 0 Å². The first-order valence-corrected chi connectivity index (χ1v) is 6.67. The van der Waals surface area contributed by atoms with Crippen molar-refractivity contribution in [1.82, 2.24) is 5.32 Å². The molecule has 2 aromatic carbocycles. The Morgan fingerprint density at radius 3 is 2.05 bits per heavy atom. The summed E-state index contributed by atoms with van der Waals surface area (Å²) in [4.78, 5) is 0. The van der Waals surface area contributed by atoms with Crippen molar-refractivity contribution < 1.29 is 0 Å². The van der Waals surface area contributed by atoms with Gasteiger partial charge in [0, 0.05) is 6.04 Å². The average Bonchev–Trinajstić information content (AvgIpc) is 2.49. The van der Waals surface area contributed by atoms with Crippen molar-refractivity contribution in [3.63, 3.8) is 0 Å². The Labute approximate surface area is 116 Å². The second kappa shape index (κ2) is 5.85. The highest BCUT2D eigenvalue weighted by Gasteiger charge is 2.24. The van der Waals surface area contributed by atoms with Gasteiger partial charge in [0.2, 0.25) is 0 Å². The standard InChI is InChI=1S/C18H21N/c1-4-18(3,17-13-9-6-10-14-17)19-15(2)16-11-7-5-8-12-16/h4-15,19H,1H2,2-3H3. The summed E-state index contributed by atoms with van der Waals surface area (Å²) in [7, 11) is 0. The van der Waals surface area contributed by atoms with Crippen LogP contribution >= 0.6 is 0 Å². The first-order chi connectivity index (χ1) is 9.15. The van der Waals surface area contributed by atoms with Crippen molar-refractivity contribution in [2.75, 3.05) is 0 Å². The molecule has 2 rings (SSSR count). The van der Waals surface area contributed by atoms with Crippen LogP contribution in [0.5, 0.6) is 0 Å². The van der Waals surface area contributed by atoms with Crippen LogP contribution in [0, 0.1) is 0 Å². The van der Waals surface area contributed by atoms with E-state index in [0.29, 0.717) is 0 Å². The molecule has 0 fully saturated rings. The van der Waals surface area contributed by atoms with E-state index in [-0.39, 0.29) is 11.6 Å². The highest BCUT2D eigenvalue weighted by Crippen LogP contribution is 2.26. The molecule has 0 saturated heterocycles. The van der Waals surface area contributed by atoms with Crippen molar-refractivity contribution in [2.45, 2.75) is 25.4 Å². The summed E-state index contributed by atoms with van der Waals surface area (Å²) in [5.74, 6) is 0. The van der Waals surface area contributed by atoms with Gasteiger partial charge >= 0.3 is 0 Å². The topological polar surface area (TPSA) is 12.0 Å². The minimum Gasteiger partial charge on any atom is -0.298 e. The highest BCUT2D eigenvalue weighted by atomic mass is 15.0. The summed E-state index contributed by atoms with van der Waals surface area (Å²) in [5, 5.41) is 3.66. The van der Waals surface area contributed by atoms with Gasteiger partial charge in [0.25, 0.3) is 0 Å². The van der Waals surface area contributed by atoms with E-state index in [9.17, 15) is 0 Å². The molecule has 1 heteroatoms. The van der Waals surface area contributed by atoms with Gasteiger partial charge in [0.05, 0.1) is 5.54 Å². The largest absolute Gasteiger partial charge is 0.298 e. The first kappa shape index (κ1) is 13.6. The van der Waals surface area contributed by atoms with Gasteiger partial charge in [0.1, 0.15) is 0 Å². The number of hydrogen-bond donors (Lipinski definition) is 1. The van der Waals surface area contributed by atoms with E-state index in [1.807, 2.05) is 18.2 Å². The summed E-state index contributed by atoms with van der Waals surface area (Å²) in [6, 6.07) is 21.2. The fourth-order valence-electron chi connectivity index (χ4n) is 2.32. The number of benzene rings is 2. The maximum atomic E-state index is 3.99. The normalized spacial score (nSPS) is 15.5. The Hall–Kier alpha value is -1.86. The third-order valence-corrected chi connectivity index (χ3v) is 3.60. The van der Waals surface area contributed by atoms with Gasteiger partial charge in [-0.15, -0.1) is 6.58 Å². The summed E-state index contributed by atoms with van der Waals surface area (Å²) in [6.07, 6.45) is 1.97. The molecule has 19 heavy (non-hydrogen) atoms. The fraction of sp³-hybridized carbons (Fsp3) is 0.222. The molecule has 0 aliphatic rings. The molecular weight excluding hydrogens is 230 g/mol. The van der Waals surface area contributed by atoms with Crippen molar-refractivity contribution in [3.05, 3.63) is 84.4 Å². The molecule has 0 aliphatic carbocycles. The number of nitrogens with one attached hydrogen (secondary N) is 1. The van der Waals surface area contributed by atoms with E-state index in [0.717, 1.165) is 0 Å². The molecule has 0 radical (unpaired) electrons. The molecule has 2 unspecified atom stereocenters. The molecule has 0 bridgehead atoms. The third kappa shape index (κ3) is 3.12. The molecule has 0 saturated carbocycles. The van der Waals surface area contributed by atoms with Gasteiger partial charge in [-0.3, -0.25) is 5.32 Å². The molecular formula is C18H21N. The zero-order valence-electron chi connectivity index (χ0n) is 11.6. The zero-order chi connectivity index (χ0) is 13.7. The van der Waals surface area contributed by atoms with E-state index in [1.54, 1.807) is 0 Å². The Balaban J connectivity index is 2.22. The SMILES string of the molecule is C=CC(C)(NC(C)c1ccccc1)c1ccccc1. The van der Waals surface area contributed by atoms with Gasteiger partial charge in [0.15, 0.2) is 0 Å². The summed E-state index contributed by atoms with van der Waals surface area (Å²) < 4.78 is 0. The Bertz CT molecular complexity index is 518. The fourth-order valence-corrected chi connectivity index (χ4v) is 2.32. The molecule has 1 N–H and O–H groups in total. The van der Waals surface area contributed by atoms with E-state index in [4.69, 9.17) is 0 Å². The number of hydrogen-bond acceptors (Lipinski definition) is 1. The summed E-state index contributed by atoms with van der Waals surface area (Å²) in [6.45, 7) is 8.34. The Kier molecular flexibility index (Phi) is 4.18. The summed E-state index contributed by atoms with van der Waals surface area (Å²) in [5.41, 5.74) is 2.29. The van der Waals surface area contributed by atoms with E-state index >= 15 is 0 Å². The van der Waals surface area contributed by atoms with E-state index in [1.165, 1.54) is 11.1 Å².